The first-order valence-electron chi connectivity index (χ1n) is 11.5. The molecule has 1 saturated heterocycles. The summed E-state index contributed by atoms with van der Waals surface area (Å²) in [4.78, 5) is 78.2. The number of guanidine groups is 1. The molecule has 37 heavy (non-hydrogen) atoms. The second kappa shape index (κ2) is 15.5. The largest absolute Gasteiger partial charge is 0.370 e. The van der Waals surface area contributed by atoms with Gasteiger partial charge in [0, 0.05) is 18.8 Å². The van der Waals surface area contributed by atoms with E-state index >= 15 is 0 Å². The van der Waals surface area contributed by atoms with Gasteiger partial charge in [0.2, 0.25) is 35.4 Å². The minimum atomic E-state index is -1.25. The third-order valence-electron chi connectivity index (χ3n) is 5.41. The molecule has 0 aromatic carbocycles. The molecule has 0 saturated carbocycles. The van der Waals surface area contributed by atoms with Crippen molar-refractivity contribution < 1.29 is 28.8 Å². The summed E-state index contributed by atoms with van der Waals surface area (Å²) in [6, 6.07) is -4.33. The van der Waals surface area contributed by atoms with Crippen LogP contribution in [0.15, 0.2) is 4.99 Å². The molecule has 4 unspecified atom stereocenters. The number of carbonyl (C=O) groups excluding carboxylic acids is 6. The quantitative estimate of drug-likeness (QED) is 0.0411. The van der Waals surface area contributed by atoms with Gasteiger partial charge >= 0.3 is 0 Å². The zero-order chi connectivity index (χ0) is 28.1. The summed E-state index contributed by atoms with van der Waals surface area (Å²) in [5.74, 6) is -4.34. The van der Waals surface area contributed by atoms with Gasteiger partial charge in [0.15, 0.2) is 5.96 Å². The number of carbonyl (C=O) groups is 6. The predicted octanol–water partition coefficient (Wildman–Crippen LogP) is -5.27. The van der Waals surface area contributed by atoms with Crippen molar-refractivity contribution in [2.45, 2.75) is 56.3 Å². The number of thiol groups is 1. The Balaban J connectivity index is 2.91. The molecule has 16 nitrogen and oxygen atoms in total. The van der Waals surface area contributed by atoms with Gasteiger partial charge in [-0.25, -0.2) is 0 Å². The highest BCUT2D eigenvalue weighted by Gasteiger charge is 2.38. The first-order chi connectivity index (χ1) is 17.4. The van der Waals surface area contributed by atoms with Gasteiger partial charge in [-0.3, -0.25) is 33.8 Å². The summed E-state index contributed by atoms with van der Waals surface area (Å²) in [6.45, 7) is 0.00878. The normalized spacial score (nSPS) is 17.1. The van der Waals surface area contributed by atoms with Crippen LogP contribution < -0.4 is 44.6 Å². The van der Waals surface area contributed by atoms with Crippen LogP contribution in [0.4, 0.5) is 0 Å². The second-order valence-electron chi connectivity index (χ2n) is 8.40. The topological polar surface area (TPSA) is 284 Å². The van der Waals surface area contributed by atoms with E-state index in [1.165, 1.54) is 4.90 Å². The monoisotopic (exact) mass is 544 g/mol. The van der Waals surface area contributed by atoms with E-state index in [0.29, 0.717) is 19.3 Å². The molecule has 0 aliphatic carbocycles. The maximum atomic E-state index is 13.1. The third-order valence-corrected chi connectivity index (χ3v) is 5.77. The third kappa shape index (κ3) is 10.9. The molecule has 0 spiro atoms. The summed E-state index contributed by atoms with van der Waals surface area (Å²) in [7, 11) is 0. The molecule has 0 radical (unpaired) electrons. The van der Waals surface area contributed by atoms with Gasteiger partial charge in [0.1, 0.15) is 18.1 Å². The maximum Gasteiger partial charge on any atom is 0.246 e. The number of nitrogens with zero attached hydrogens (tertiary/aromatic N) is 2. The van der Waals surface area contributed by atoms with Crippen molar-refractivity contribution in [3.05, 3.63) is 0 Å². The number of hydrogen-bond donors (Lipinski definition) is 9. The van der Waals surface area contributed by atoms with E-state index in [1.807, 2.05) is 0 Å². The summed E-state index contributed by atoms with van der Waals surface area (Å²) in [6.07, 6.45) is 0.883. The molecule has 4 atom stereocenters. The summed E-state index contributed by atoms with van der Waals surface area (Å²) >= 11 is 4.11. The van der Waals surface area contributed by atoms with Crippen LogP contribution in [0.5, 0.6) is 0 Å². The second-order valence-corrected chi connectivity index (χ2v) is 8.77. The average Bonchev–Trinajstić information content (AvgIpc) is 3.31. The lowest BCUT2D eigenvalue weighted by Gasteiger charge is -2.29. The molecule has 1 fully saturated rings. The molecule has 1 heterocycles. The van der Waals surface area contributed by atoms with Crippen molar-refractivity contribution in [3.8, 4) is 0 Å². The molecule has 0 aromatic rings. The smallest absolute Gasteiger partial charge is 0.246 e. The van der Waals surface area contributed by atoms with Crippen LogP contribution in [0.3, 0.4) is 0 Å². The summed E-state index contributed by atoms with van der Waals surface area (Å²) in [5, 5.41) is 7.37. The highest BCUT2D eigenvalue weighted by molar-refractivity contribution is 7.80. The number of nitrogens with two attached hydrogens (primary N) is 5. The van der Waals surface area contributed by atoms with Crippen LogP contribution >= 0.6 is 12.6 Å². The minimum Gasteiger partial charge on any atom is -0.370 e. The maximum absolute atomic E-state index is 13.1. The van der Waals surface area contributed by atoms with Crippen LogP contribution in [-0.2, 0) is 28.8 Å². The summed E-state index contributed by atoms with van der Waals surface area (Å²) in [5.41, 5.74) is 26.3. The zero-order valence-electron chi connectivity index (χ0n) is 20.4. The highest BCUT2D eigenvalue weighted by atomic mass is 32.1. The Morgan fingerprint density at radius 1 is 0.973 bits per heavy atom. The average molecular weight is 545 g/mol. The van der Waals surface area contributed by atoms with E-state index < -0.39 is 72.6 Å². The fourth-order valence-corrected chi connectivity index (χ4v) is 3.86. The zero-order valence-corrected chi connectivity index (χ0v) is 21.2. The van der Waals surface area contributed by atoms with Crippen molar-refractivity contribution in [2.75, 3.05) is 25.4 Å². The van der Waals surface area contributed by atoms with Gasteiger partial charge < -0.3 is 49.5 Å². The van der Waals surface area contributed by atoms with Gasteiger partial charge in [-0.1, -0.05) is 0 Å². The van der Waals surface area contributed by atoms with Crippen LogP contribution in [0.25, 0.3) is 0 Å². The van der Waals surface area contributed by atoms with Gasteiger partial charge in [0.25, 0.3) is 0 Å². The lowest BCUT2D eigenvalue weighted by molar-refractivity contribution is -0.142. The fourth-order valence-electron chi connectivity index (χ4n) is 3.61. The highest BCUT2D eigenvalue weighted by Crippen LogP contribution is 2.19. The Kier molecular flexibility index (Phi) is 13.2. The minimum absolute atomic E-state index is 0.0956. The Bertz CT molecular complexity index is 897. The molecule has 1 aliphatic heterocycles. The van der Waals surface area contributed by atoms with Crippen molar-refractivity contribution in [1.29, 1.82) is 0 Å². The number of nitrogens with one attached hydrogen (secondary N) is 3. The van der Waals surface area contributed by atoms with Crippen molar-refractivity contribution in [1.82, 2.24) is 20.9 Å². The molecule has 1 rings (SSSR count). The fraction of sp³-hybridized carbons (Fsp3) is 0.650. The predicted molar refractivity (Wildman–Crippen MR) is 136 cm³/mol. The van der Waals surface area contributed by atoms with E-state index in [9.17, 15) is 28.8 Å². The molecular weight excluding hydrogens is 508 g/mol. The number of rotatable bonds is 15. The van der Waals surface area contributed by atoms with Crippen LogP contribution in [0, 0.1) is 0 Å². The number of primary amides is 2. The Morgan fingerprint density at radius 3 is 2.22 bits per heavy atom. The SMILES string of the molecule is NC(=O)CNC(=O)C(CCCN=C(N)N)NC(=O)C1CCCN1C(=O)C(CS)NC(=O)C(N)CC(N)=O. The molecule has 13 N–H and O–H groups in total. The number of amides is 6. The summed E-state index contributed by atoms with van der Waals surface area (Å²) < 4.78 is 0. The van der Waals surface area contributed by atoms with E-state index in [1.54, 1.807) is 0 Å². The number of hydrogen-bond acceptors (Lipinski definition) is 9. The van der Waals surface area contributed by atoms with Crippen molar-refractivity contribution in [2.24, 2.45) is 33.7 Å². The molecule has 0 bridgehead atoms. The Labute approximate surface area is 219 Å². The standard InChI is InChI=1S/C20H36N10O6S/c21-10(7-14(22)31)16(33)29-12(9-37)19(36)30-6-2-4-13(30)18(35)28-11(3-1-5-26-20(24)25)17(34)27-8-15(23)32/h10-13,37H,1-9,21H2,(H2,22,31)(H2,23,32)(H,27,34)(H,28,35)(H,29,33)(H4,24,25,26). The molecular formula is C20H36N10O6S. The van der Waals surface area contributed by atoms with Gasteiger partial charge in [-0.15, -0.1) is 0 Å². The van der Waals surface area contributed by atoms with Crippen LogP contribution in [0.1, 0.15) is 32.1 Å². The lowest BCUT2D eigenvalue weighted by Crippen LogP contribution is -2.58. The molecule has 208 valence electrons. The molecule has 17 heteroatoms. The van der Waals surface area contributed by atoms with E-state index in [0.717, 1.165) is 0 Å². The first-order valence-corrected chi connectivity index (χ1v) is 12.2. The Hall–Kier alpha value is -3.60. The van der Waals surface area contributed by atoms with E-state index in [-0.39, 0.29) is 31.2 Å². The van der Waals surface area contributed by atoms with E-state index in [2.05, 4.69) is 33.6 Å². The molecule has 6 amide bonds. The molecule has 0 aromatic heterocycles. The number of likely N-dealkylation sites (tertiary alicyclic amines) is 1. The van der Waals surface area contributed by atoms with Crippen molar-refractivity contribution in [3.63, 3.8) is 0 Å². The van der Waals surface area contributed by atoms with Crippen molar-refractivity contribution >= 4 is 54.0 Å². The first kappa shape index (κ1) is 31.4. The van der Waals surface area contributed by atoms with Gasteiger partial charge in [-0.05, 0) is 25.7 Å². The lowest BCUT2D eigenvalue weighted by atomic mass is 10.1. The van der Waals surface area contributed by atoms with E-state index in [4.69, 9.17) is 28.7 Å². The van der Waals surface area contributed by atoms with Crippen LogP contribution in [-0.4, -0.2) is 95.9 Å². The molecule has 1 aliphatic rings. The number of aliphatic imine (C=N–C) groups is 1. The van der Waals surface area contributed by atoms with Gasteiger partial charge in [0.05, 0.1) is 19.0 Å². The Morgan fingerprint density at radius 2 is 1.65 bits per heavy atom. The van der Waals surface area contributed by atoms with Gasteiger partial charge in [-0.2, -0.15) is 12.6 Å². The van der Waals surface area contributed by atoms with Crippen LogP contribution in [0.2, 0.25) is 0 Å².